The van der Waals surface area contributed by atoms with E-state index in [0.717, 1.165) is 36.2 Å². The Morgan fingerprint density at radius 2 is 1.89 bits per heavy atom. The summed E-state index contributed by atoms with van der Waals surface area (Å²) in [4.78, 5) is 39.6. The van der Waals surface area contributed by atoms with E-state index in [9.17, 15) is 28.0 Å². The largest absolute Gasteiger partial charge is 0.618 e. The van der Waals surface area contributed by atoms with Crippen molar-refractivity contribution in [2.24, 2.45) is 5.92 Å². The second-order valence-corrected chi connectivity index (χ2v) is 12.4. The third kappa shape index (κ3) is 6.74. The molecule has 0 aromatic carbocycles. The number of hydrogen-bond donors (Lipinski definition) is 2. The van der Waals surface area contributed by atoms with Gasteiger partial charge in [-0.2, -0.15) is 9.04 Å². The zero-order valence-corrected chi connectivity index (χ0v) is 22.1. The fourth-order valence-corrected chi connectivity index (χ4v) is 7.09. The maximum Gasteiger partial charge on any atom is 0.323 e. The zero-order valence-electron chi connectivity index (χ0n) is 20.5. The summed E-state index contributed by atoms with van der Waals surface area (Å²) in [5.74, 6) is -0.915. The molecule has 2 atom stereocenters. The van der Waals surface area contributed by atoms with E-state index in [1.165, 1.54) is 36.0 Å². The molecule has 0 radical (unpaired) electrons. The lowest BCUT2D eigenvalue weighted by molar-refractivity contribution is -0.646. The molecule has 4 rings (SSSR count). The van der Waals surface area contributed by atoms with Crippen molar-refractivity contribution in [1.29, 1.82) is 0 Å². The summed E-state index contributed by atoms with van der Waals surface area (Å²) in [5, 5.41) is 19.0. The van der Waals surface area contributed by atoms with Crippen LogP contribution in [0.15, 0.2) is 46.9 Å². The third-order valence-corrected chi connectivity index (χ3v) is 9.70. The lowest BCUT2D eigenvalue weighted by Gasteiger charge is -2.27. The molecule has 0 unspecified atom stereocenters. The van der Waals surface area contributed by atoms with Gasteiger partial charge in [-0.25, -0.2) is 8.42 Å². The van der Waals surface area contributed by atoms with Crippen molar-refractivity contribution in [3.05, 3.63) is 52.0 Å². The minimum Gasteiger partial charge on any atom is -0.618 e. The number of carbonyl (C=O) groups is 3. The number of hydrogen-bond acceptors (Lipinski definition) is 7. The number of rotatable bonds is 8. The number of carbonyl (C=O) groups excluding carboxylic acids is 3. The molecule has 3 heterocycles. The molecular formula is C25H32N4O6S2. The second kappa shape index (κ2) is 12.1. The number of thiophene rings is 1. The van der Waals surface area contributed by atoms with Crippen molar-refractivity contribution >= 4 is 39.0 Å². The first-order valence-electron chi connectivity index (χ1n) is 12.6. The lowest BCUT2D eigenvalue weighted by atomic mass is 9.84. The summed E-state index contributed by atoms with van der Waals surface area (Å²) in [6.45, 7) is -0.396. The second-order valence-electron chi connectivity index (χ2n) is 9.62. The fraction of sp³-hybridized carbons (Fsp3) is 0.520. The van der Waals surface area contributed by atoms with Crippen LogP contribution in [0.4, 0.5) is 0 Å². The molecular weight excluding hydrogens is 516 g/mol. The van der Waals surface area contributed by atoms with Gasteiger partial charge >= 0.3 is 15.0 Å². The van der Waals surface area contributed by atoms with Crippen LogP contribution in [0, 0.1) is 11.1 Å². The van der Waals surface area contributed by atoms with Crippen LogP contribution in [-0.4, -0.2) is 55.5 Å². The molecule has 37 heavy (non-hydrogen) atoms. The summed E-state index contributed by atoms with van der Waals surface area (Å²) in [6.07, 6.45) is 7.50. The van der Waals surface area contributed by atoms with Crippen molar-refractivity contribution in [1.82, 2.24) is 14.9 Å². The summed E-state index contributed by atoms with van der Waals surface area (Å²) < 4.78 is 27.3. The standard InChI is InChI=1S/C25H32N4O6S2/c30-21-17-28(37(34,35)23-12-4-5-14-29(23)33)13-6-10-19(21)26-24(31)20(16-18-8-2-1-3-9-18)27-25(32)22-11-7-15-36-22/h4-5,7,11-12,14-15,18-20H,1-3,6,8-10,13,16-17H2,(H,26,31)(H,27,32)/t19-,20+/m1/s1. The topological polar surface area (TPSA) is 140 Å². The first-order chi connectivity index (χ1) is 17.8. The Kier molecular flexibility index (Phi) is 8.93. The van der Waals surface area contributed by atoms with Gasteiger partial charge in [0, 0.05) is 18.7 Å². The first kappa shape index (κ1) is 27.2. The number of amides is 2. The number of nitrogens with zero attached hydrogens (tertiary/aromatic N) is 2. The van der Waals surface area contributed by atoms with Crippen LogP contribution in [0.25, 0.3) is 0 Å². The molecule has 2 N–H and O–H groups in total. The van der Waals surface area contributed by atoms with E-state index in [-0.39, 0.29) is 23.6 Å². The maximum atomic E-state index is 13.3. The van der Waals surface area contributed by atoms with Crippen LogP contribution in [0.2, 0.25) is 0 Å². The summed E-state index contributed by atoms with van der Waals surface area (Å²) in [5.41, 5.74) is 0. The van der Waals surface area contributed by atoms with E-state index in [1.807, 2.05) is 0 Å². The molecule has 2 fully saturated rings. The van der Waals surface area contributed by atoms with Crippen molar-refractivity contribution in [2.75, 3.05) is 13.1 Å². The van der Waals surface area contributed by atoms with E-state index in [2.05, 4.69) is 10.6 Å². The molecule has 1 saturated heterocycles. The molecule has 200 valence electrons. The number of ketones is 1. The highest BCUT2D eigenvalue weighted by molar-refractivity contribution is 7.89. The van der Waals surface area contributed by atoms with Crippen LogP contribution >= 0.6 is 11.3 Å². The van der Waals surface area contributed by atoms with Gasteiger partial charge in [-0.3, -0.25) is 14.4 Å². The van der Waals surface area contributed by atoms with Gasteiger partial charge in [-0.15, -0.1) is 11.3 Å². The van der Waals surface area contributed by atoms with Crippen LogP contribution < -0.4 is 15.4 Å². The normalized spacial score (nSPS) is 20.6. The van der Waals surface area contributed by atoms with Gasteiger partial charge in [0.1, 0.15) is 6.04 Å². The van der Waals surface area contributed by atoms with E-state index in [1.54, 1.807) is 17.5 Å². The zero-order chi connectivity index (χ0) is 26.4. The summed E-state index contributed by atoms with van der Waals surface area (Å²) in [6, 6.07) is 5.85. The van der Waals surface area contributed by atoms with Crippen LogP contribution in [-0.2, 0) is 19.6 Å². The number of Topliss-reactive ketones (excluding diaryl/α,β-unsaturated/α-hetero) is 1. The first-order valence-corrected chi connectivity index (χ1v) is 14.9. The van der Waals surface area contributed by atoms with E-state index >= 15 is 0 Å². The van der Waals surface area contributed by atoms with Gasteiger partial charge in [0.15, 0.2) is 12.0 Å². The maximum absolute atomic E-state index is 13.3. The Balaban J connectivity index is 1.44. The van der Waals surface area contributed by atoms with Gasteiger partial charge in [0.25, 0.3) is 5.91 Å². The monoisotopic (exact) mass is 548 g/mol. The Labute approximate surface area is 220 Å². The quantitative estimate of drug-likeness (QED) is 0.382. The number of pyridine rings is 1. The van der Waals surface area contributed by atoms with Crippen molar-refractivity contribution in [3.8, 4) is 0 Å². The molecule has 2 aromatic heterocycles. The average Bonchev–Trinajstić information content (AvgIpc) is 3.36. The van der Waals surface area contributed by atoms with Gasteiger partial charge < -0.3 is 15.8 Å². The number of nitrogens with one attached hydrogen (secondary N) is 2. The summed E-state index contributed by atoms with van der Waals surface area (Å²) >= 11 is 1.29. The molecule has 2 amide bonds. The Morgan fingerprint density at radius 3 is 2.59 bits per heavy atom. The molecule has 1 aliphatic carbocycles. The van der Waals surface area contributed by atoms with Crippen LogP contribution in [0.1, 0.15) is 61.0 Å². The Bertz CT molecular complexity index is 1210. The third-order valence-electron chi connectivity index (χ3n) is 6.99. The lowest BCUT2D eigenvalue weighted by Crippen LogP contribution is -2.53. The molecule has 2 aliphatic rings. The van der Waals surface area contributed by atoms with Crippen LogP contribution in [0.3, 0.4) is 0 Å². The Morgan fingerprint density at radius 1 is 1.11 bits per heavy atom. The average molecular weight is 549 g/mol. The van der Waals surface area contributed by atoms with Crippen molar-refractivity contribution in [2.45, 2.75) is 68.5 Å². The number of aromatic nitrogens is 1. The molecule has 1 aliphatic heterocycles. The van der Waals surface area contributed by atoms with Gasteiger partial charge in [-0.05, 0) is 42.7 Å². The smallest absolute Gasteiger partial charge is 0.323 e. The van der Waals surface area contributed by atoms with Gasteiger partial charge in [0.2, 0.25) is 5.91 Å². The highest BCUT2D eigenvalue weighted by Crippen LogP contribution is 2.28. The predicted molar refractivity (Wildman–Crippen MR) is 137 cm³/mol. The van der Waals surface area contributed by atoms with E-state index in [4.69, 9.17) is 0 Å². The molecule has 2 aromatic rings. The number of sulfonamides is 1. The van der Waals surface area contributed by atoms with E-state index in [0.29, 0.717) is 23.6 Å². The van der Waals surface area contributed by atoms with Crippen molar-refractivity contribution in [3.63, 3.8) is 0 Å². The Hall–Kier alpha value is -2.83. The summed E-state index contributed by atoms with van der Waals surface area (Å²) in [7, 11) is -4.18. The van der Waals surface area contributed by atoms with E-state index < -0.39 is 45.4 Å². The van der Waals surface area contributed by atoms with Gasteiger partial charge in [0.05, 0.1) is 17.5 Å². The molecule has 12 heteroatoms. The predicted octanol–water partition coefficient (Wildman–Crippen LogP) is 1.99. The molecule has 10 nitrogen and oxygen atoms in total. The SMILES string of the molecule is O=C(N[C@@H](CC1CCCCC1)C(=O)N[C@@H]1CCCN(S(=O)(=O)c2cccc[n+]2[O-])CC1=O)c1cccs1. The minimum absolute atomic E-state index is 0.0515. The van der Waals surface area contributed by atoms with Gasteiger partial charge in [-0.1, -0.05) is 38.2 Å². The minimum atomic E-state index is -4.18. The van der Waals surface area contributed by atoms with Crippen molar-refractivity contribution < 1.29 is 27.5 Å². The highest BCUT2D eigenvalue weighted by atomic mass is 32.2. The molecule has 1 saturated carbocycles. The van der Waals surface area contributed by atoms with Crippen LogP contribution in [0.5, 0.6) is 0 Å². The fourth-order valence-electron chi connectivity index (χ4n) is 5.00. The molecule has 0 spiro atoms. The molecule has 0 bridgehead atoms. The highest BCUT2D eigenvalue weighted by Gasteiger charge is 2.37.